The van der Waals surface area contributed by atoms with Crippen LogP contribution in [-0.4, -0.2) is 30.5 Å². The number of carbonyl (C=O) groups is 1. The lowest BCUT2D eigenvalue weighted by Gasteiger charge is -2.28. The first-order valence-electron chi connectivity index (χ1n) is 9.48. The highest BCUT2D eigenvalue weighted by Gasteiger charge is 2.12. The van der Waals surface area contributed by atoms with Crippen LogP contribution < -0.4 is 15.5 Å². The normalized spacial score (nSPS) is 14.3. The third kappa shape index (κ3) is 4.97. The van der Waals surface area contributed by atoms with Gasteiger partial charge in [0.1, 0.15) is 5.82 Å². The Bertz CT molecular complexity index is 721. The second-order valence-electron chi connectivity index (χ2n) is 7.25. The fourth-order valence-corrected chi connectivity index (χ4v) is 3.09. The fraction of sp³-hybridized carbons (Fsp3) is 0.429. The van der Waals surface area contributed by atoms with Gasteiger partial charge in [0.05, 0.1) is 0 Å². The molecule has 26 heavy (non-hydrogen) atoms. The highest BCUT2D eigenvalue weighted by atomic mass is 16.1. The number of carbonyl (C=O) groups excluding carboxylic acids is 1. The molecule has 1 amide bonds. The van der Waals surface area contributed by atoms with Crippen molar-refractivity contribution >= 4 is 23.1 Å². The predicted molar refractivity (Wildman–Crippen MR) is 108 cm³/mol. The molecule has 0 radical (unpaired) electrons. The molecule has 2 N–H and O–H groups in total. The Morgan fingerprint density at radius 3 is 2.54 bits per heavy atom. The van der Waals surface area contributed by atoms with E-state index < -0.39 is 0 Å². The third-order valence-corrected chi connectivity index (χ3v) is 4.56. The topological polar surface area (TPSA) is 57.3 Å². The van der Waals surface area contributed by atoms with Gasteiger partial charge in [-0.3, -0.25) is 4.79 Å². The largest absolute Gasteiger partial charge is 0.372 e. The van der Waals surface area contributed by atoms with Crippen molar-refractivity contribution < 1.29 is 4.79 Å². The first-order chi connectivity index (χ1) is 12.6. The van der Waals surface area contributed by atoms with Gasteiger partial charge >= 0.3 is 0 Å². The number of piperidine rings is 1. The maximum Gasteiger partial charge on any atom is 0.255 e. The molecule has 0 aliphatic carbocycles. The summed E-state index contributed by atoms with van der Waals surface area (Å²) in [5.41, 5.74) is 2.64. The molecule has 0 bridgehead atoms. The van der Waals surface area contributed by atoms with Gasteiger partial charge in [-0.2, -0.15) is 0 Å². The van der Waals surface area contributed by atoms with Crippen molar-refractivity contribution in [3.63, 3.8) is 0 Å². The number of nitrogens with one attached hydrogen (secondary N) is 2. The van der Waals surface area contributed by atoms with Gasteiger partial charge in [-0.05, 0) is 61.6 Å². The van der Waals surface area contributed by atoms with Gasteiger partial charge in [-0.25, -0.2) is 4.98 Å². The third-order valence-electron chi connectivity index (χ3n) is 4.56. The summed E-state index contributed by atoms with van der Waals surface area (Å²) < 4.78 is 0. The molecule has 138 valence electrons. The molecule has 1 aliphatic heterocycles. The number of benzene rings is 1. The van der Waals surface area contributed by atoms with E-state index in [1.807, 2.05) is 12.1 Å². The summed E-state index contributed by atoms with van der Waals surface area (Å²) in [7, 11) is 0. The van der Waals surface area contributed by atoms with Crippen LogP contribution >= 0.6 is 0 Å². The highest BCUT2D eigenvalue weighted by Crippen LogP contribution is 2.22. The number of rotatable bonds is 6. The van der Waals surface area contributed by atoms with Gasteiger partial charge in [0.2, 0.25) is 0 Å². The van der Waals surface area contributed by atoms with Crippen LogP contribution in [0, 0.1) is 5.92 Å². The van der Waals surface area contributed by atoms with Crippen molar-refractivity contribution in [2.45, 2.75) is 33.1 Å². The lowest BCUT2D eigenvalue weighted by atomic mass is 10.1. The van der Waals surface area contributed by atoms with Crippen LogP contribution in [0.5, 0.6) is 0 Å². The Kier molecular flexibility index (Phi) is 6.10. The number of aromatic nitrogens is 1. The van der Waals surface area contributed by atoms with Gasteiger partial charge in [-0.1, -0.05) is 13.8 Å². The van der Waals surface area contributed by atoms with Crippen LogP contribution in [0.3, 0.4) is 0 Å². The maximum atomic E-state index is 12.5. The Hall–Kier alpha value is -2.56. The number of hydrogen-bond donors (Lipinski definition) is 2. The summed E-state index contributed by atoms with van der Waals surface area (Å²) in [5, 5.41) is 6.22. The van der Waals surface area contributed by atoms with Gasteiger partial charge in [0, 0.05) is 42.8 Å². The van der Waals surface area contributed by atoms with Crippen molar-refractivity contribution in [2.75, 3.05) is 35.2 Å². The fourth-order valence-electron chi connectivity index (χ4n) is 3.09. The summed E-state index contributed by atoms with van der Waals surface area (Å²) >= 11 is 0. The summed E-state index contributed by atoms with van der Waals surface area (Å²) in [6, 6.07) is 11.6. The molecule has 1 saturated heterocycles. The zero-order chi connectivity index (χ0) is 18.4. The van der Waals surface area contributed by atoms with E-state index >= 15 is 0 Å². The molecule has 1 fully saturated rings. The van der Waals surface area contributed by atoms with Crippen LogP contribution in [0.15, 0.2) is 42.6 Å². The van der Waals surface area contributed by atoms with E-state index in [2.05, 4.69) is 46.5 Å². The average Bonchev–Trinajstić information content (AvgIpc) is 2.68. The molecule has 5 heteroatoms. The Labute approximate surface area is 155 Å². The number of amides is 1. The number of hydrogen-bond acceptors (Lipinski definition) is 4. The van der Waals surface area contributed by atoms with Crippen molar-refractivity contribution in [2.24, 2.45) is 5.92 Å². The first kappa shape index (κ1) is 18.2. The molecule has 1 aromatic carbocycles. The lowest BCUT2D eigenvalue weighted by molar-refractivity contribution is 0.102. The standard InChI is InChI=1S/C21H28N4O/c1-16(2)15-23-20-14-17(10-11-22-20)21(26)24-18-6-8-19(9-7-18)25-12-4-3-5-13-25/h6-11,14,16H,3-5,12-13,15H2,1-2H3,(H,22,23)(H,24,26). The molecule has 2 heterocycles. The zero-order valence-corrected chi connectivity index (χ0v) is 15.7. The van der Waals surface area contributed by atoms with E-state index in [-0.39, 0.29) is 5.91 Å². The van der Waals surface area contributed by atoms with E-state index in [9.17, 15) is 4.79 Å². The second kappa shape index (κ2) is 8.70. The quantitative estimate of drug-likeness (QED) is 0.809. The van der Waals surface area contributed by atoms with E-state index in [1.165, 1.54) is 24.9 Å². The van der Waals surface area contributed by atoms with Crippen molar-refractivity contribution in [1.29, 1.82) is 0 Å². The molecule has 2 aromatic rings. The second-order valence-corrected chi connectivity index (χ2v) is 7.25. The van der Waals surface area contributed by atoms with Gasteiger partial charge in [0.15, 0.2) is 0 Å². The van der Waals surface area contributed by atoms with Crippen molar-refractivity contribution in [1.82, 2.24) is 4.98 Å². The van der Waals surface area contributed by atoms with E-state index in [1.54, 1.807) is 18.3 Å². The van der Waals surface area contributed by atoms with Crippen LogP contribution in [0.25, 0.3) is 0 Å². The smallest absolute Gasteiger partial charge is 0.255 e. The minimum atomic E-state index is -0.120. The summed E-state index contributed by atoms with van der Waals surface area (Å²) in [5.74, 6) is 1.13. The van der Waals surface area contributed by atoms with Crippen LogP contribution in [-0.2, 0) is 0 Å². The molecule has 0 saturated carbocycles. The molecule has 3 rings (SSSR count). The lowest BCUT2D eigenvalue weighted by Crippen LogP contribution is -2.29. The van der Waals surface area contributed by atoms with Gasteiger partial charge in [-0.15, -0.1) is 0 Å². The Morgan fingerprint density at radius 2 is 1.85 bits per heavy atom. The van der Waals surface area contributed by atoms with Crippen LogP contribution in [0.2, 0.25) is 0 Å². The van der Waals surface area contributed by atoms with Gasteiger partial charge in [0.25, 0.3) is 5.91 Å². The van der Waals surface area contributed by atoms with Crippen molar-refractivity contribution in [3.05, 3.63) is 48.2 Å². The average molecular weight is 352 g/mol. The van der Waals surface area contributed by atoms with Crippen LogP contribution in [0.4, 0.5) is 17.2 Å². The highest BCUT2D eigenvalue weighted by molar-refractivity contribution is 6.04. The predicted octanol–water partition coefficient (Wildman–Crippen LogP) is 4.39. The van der Waals surface area contributed by atoms with E-state index in [4.69, 9.17) is 0 Å². The molecular weight excluding hydrogens is 324 g/mol. The molecule has 1 aliphatic rings. The minimum Gasteiger partial charge on any atom is -0.372 e. The molecule has 0 atom stereocenters. The number of nitrogens with zero attached hydrogens (tertiary/aromatic N) is 2. The van der Waals surface area contributed by atoms with Crippen molar-refractivity contribution in [3.8, 4) is 0 Å². The molecule has 1 aromatic heterocycles. The number of pyridine rings is 1. The monoisotopic (exact) mass is 352 g/mol. The van der Waals surface area contributed by atoms with E-state index in [0.717, 1.165) is 31.1 Å². The summed E-state index contributed by atoms with van der Waals surface area (Å²) in [4.78, 5) is 19.2. The minimum absolute atomic E-state index is 0.120. The van der Waals surface area contributed by atoms with Crippen LogP contribution in [0.1, 0.15) is 43.5 Å². The van der Waals surface area contributed by atoms with Gasteiger partial charge < -0.3 is 15.5 Å². The summed E-state index contributed by atoms with van der Waals surface area (Å²) in [6.45, 7) is 7.34. The summed E-state index contributed by atoms with van der Waals surface area (Å²) in [6.07, 6.45) is 5.50. The SMILES string of the molecule is CC(C)CNc1cc(C(=O)Nc2ccc(N3CCCCC3)cc2)ccn1. The Morgan fingerprint density at radius 1 is 1.12 bits per heavy atom. The molecular formula is C21H28N4O. The molecule has 0 spiro atoms. The maximum absolute atomic E-state index is 12.5. The number of anilines is 3. The Balaban J connectivity index is 1.61. The molecule has 5 nitrogen and oxygen atoms in total. The zero-order valence-electron chi connectivity index (χ0n) is 15.7. The molecule has 0 unspecified atom stereocenters. The van der Waals surface area contributed by atoms with E-state index in [0.29, 0.717) is 11.5 Å². The first-order valence-corrected chi connectivity index (χ1v) is 9.48.